The highest BCUT2D eigenvalue weighted by Gasteiger charge is 2.03. The van der Waals surface area contributed by atoms with Gasteiger partial charge in [-0.3, -0.25) is 0 Å². The van der Waals surface area contributed by atoms with Crippen LogP contribution in [-0.4, -0.2) is 9.97 Å². The minimum atomic E-state index is 1.17. The van der Waals surface area contributed by atoms with E-state index in [2.05, 4.69) is 58.5 Å². The predicted octanol–water partition coefficient (Wildman–Crippen LogP) is 5.60. The number of aromatic amines is 2. The molecule has 2 aromatic heterocycles. The van der Waals surface area contributed by atoms with Gasteiger partial charge in [0, 0.05) is 34.2 Å². The fourth-order valence-corrected chi connectivity index (χ4v) is 3.54. The van der Waals surface area contributed by atoms with Crippen LogP contribution in [0.15, 0.2) is 60.9 Å². The van der Waals surface area contributed by atoms with Gasteiger partial charge in [-0.2, -0.15) is 0 Å². The van der Waals surface area contributed by atoms with E-state index in [0.717, 1.165) is 0 Å². The Balaban J connectivity index is 1.32. The second kappa shape index (κ2) is 6.33. The fourth-order valence-electron chi connectivity index (χ4n) is 3.54. The van der Waals surface area contributed by atoms with Crippen LogP contribution in [-0.2, 0) is 12.8 Å². The minimum Gasteiger partial charge on any atom is -0.361 e. The highest BCUT2D eigenvalue weighted by molar-refractivity contribution is 5.83. The van der Waals surface area contributed by atoms with E-state index in [1.54, 1.807) is 0 Å². The molecule has 23 heavy (non-hydrogen) atoms. The lowest BCUT2D eigenvalue weighted by atomic mass is 10.00. The SMILES string of the molecule is c1cc(CCCCCc2cccc3[nH]ccc23)c2cc[nH]c2c1. The summed E-state index contributed by atoms with van der Waals surface area (Å²) in [5, 5.41) is 2.76. The fraction of sp³-hybridized carbons (Fsp3) is 0.238. The van der Waals surface area contributed by atoms with Crippen LogP contribution in [0.5, 0.6) is 0 Å². The molecule has 0 aliphatic rings. The van der Waals surface area contributed by atoms with Crippen molar-refractivity contribution in [2.45, 2.75) is 32.1 Å². The molecule has 0 saturated heterocycles. The number of rotatable bonds is 6. The molecule has 0 bridgehead atoms. The normalized spacial score (nSPS) is 11.5. The molecule has 0 amide bonds. The molecule has 2 heteroatoms. The number of hydrogen-bond acceptors (Lipinski definition) is 0. The number of aryl methyl sites for hydroxylation is 2. The first-order chi connectivity index (χ1) is 11.4. The molecule has 2 aromatic carbocycles. The average Bonchev–Trinajstić information content (AvgIpc) is 3.24. The van der Waals surface area contributed by atoms with E-state index in [9.17, 15) is 0 Å². The number of fused-ring (bicyclic) bond motifs is 2. The predicted molar refractivity (Wildman–Crippen MR) is 97.9 cm³/mol. The largest absolute Gasteiger partial charge is 0.361 e. The molecule has 0 fully saturated rings. The number of aromatic nitrogens is 2. The Kier molecular flexibility index (Phi) is 3.89. The molecule has 0 spiro atoms. The van der Waals surface area contributed by atoms with Gasteiger partial charge in [0.15, 0.2) is 0 Å². The second-order valence-corrected chi connectivity index (χ2v) is 6.27. The molecule has 2 heterocycles. The van der Waals surface area contributed by atoms with Crippen molar-refractivity contribution in [1.29, 1.82) is 0 Å². The summed E-state index contributed by atoms with van der Waals surface area (Å²) in [6.45, 7) is 0. The van der Waals surface area contributed by atoms with Gasteiger partial charge in [0.2, 0.25) is 0 Å². The molecule has 4 aromatic rings. The third-order valence-electron chi connectivity index (χ3n) is 4.76. The van der Waals surface area contributed by atoms with Crippen molar-refractivity contribution >= 4 is 21.8 Å². The Bertz CT molecular complexity index is 838. The third kappa shape index (κ3) is 2.89. The van der Waals surface area contributed by atoms with Gasteiger partial charge in [0.25, 0.3) is 0 Å². The topological polar surface area (TPSA) is 31.6 Å². The van der Waals surface area contributed by atoms with Crippen LogP contribution >= 0.6 is 0 Å². The van der Waals surface area contributed by atoms with Gasteiger partial charge in [-0.05, 0) is 61.1 Å². The molecule has 4 rings (SSSR count). The number of nitrogens with one attached hydrogen (secondary N) is 2. The van der Waals surface area contributed by atoms with Crippen molar-refractivity contribution < 1.29 is 0 Å². The Morgan fingerprint density at radius 1 is 0.565 bits per heavy atom. The van der Waals surface area contributed by atoms with Crippen molar-refractivity contribution in [2.75, 3.05) is 0 Å². The molecular weight excluding hydrogens is 280 g/mol. The molecule has 0 radical (unpaired) electrons. The van der Waals surface area contributed by atoms with E-state index in [4.69, 9.17) is 0 Å². The van der Waals surface area contributed by atoms with Crippen LogP contribution in [0.25, 0.3) is 21.8 Å². The smallest absolute Gasteiger partial charge is 0.0456 e. The first kappa shape index (κ1) is 14.1. The zero-order chi connectivity index (χ0) is 15.5. The molecule has 0 saturated carbocycles. The van der Waals surface area contributed by atoms with Gasteiger partial charge in [0.1, 0.15) is 0 Å². The molecule has 0 unspecified atom stereocenters. The van der Waals surface area contributed by atoms with Crippen LogP contribution < -0.4 is 0 Å². The number of H-pyrrole nitrogens is 2. The number of benzene rings is 2. The highest BCUT2D eigenvalue weighted by Crippen LogP contribution is 2.21. The summed E-state index contributed by atoms with van der Waals surface area (Å²) < 4.78 is 0. The minimum absolute atomic E-state index is 1.17. The summed E-state index contributed by atoms with van der Waals surface area (Å²) in [4.78, 5) is 6.59. The zero-order valence-corrected chi connectivity index (χ0v) is 13.3. The summed E-state index contributed by atoms with van der Waals surface area (Å²) in [7, 11) is 0. The van der Waals surface area contributed by atoms with Crippen molar-refractivity contribution in [1.82, 2.24) is 9.97 Å². The lowest BCUT2D eigenvalue weighted by molar-refractivity contribution is 0.681. The Morgan fingerprint density at radius 2 is 1.09 bits per heavy atom. The van der Waals surface area contributed by atoms with E-state index in [1.807, 2.05) is 12.4 Å². The van der Waals surface area contributed by atoms with Crippen LogP contribution in [0, 0.1) is 0 Å². The molecule has 0 aliphatic heterocycles. The second-order valence-electron chi connectivity index (χ2n) is 6.27. The maximum absolute atomic E-state index is 3.29. The Labute approximate surface area is 136 Å². The van der Waals surface area contributed by atoms with Gasteiger partial charge >= 0.3 is 0 Å². The summed E-state index contributed by atoms with van der Waals surface area (Å²) in [5.74, 6) is 0. The molecule has 0 atom stereocenters. The van der Waals surface area contributed by atoms with E-state index < -0.39 is 0 Å². The standard InChI is InChI=1S/C21H22N2/c1(2-6-16-8-4-10-20-18(16)12-14-22-20)3-7-17-9-5-11-21-19(17)13-15-23-21/h4-5,8-15,22-23H,1-3,6-7H2. The average molecular weight is 302 g/mol. The van der Waals surface area contributed by atoms with Crippen molar-refractivity contribution in [3.05, 3.63) is 72.1 Å². The molecule has 116 valence electrons. The van der Waals surface area contributed by atoms with Crippen LogP contribution in [0.1, 0.15) is 30.4 Å². The third-order valence-corrected chi connectivity index (χ3v) is 4.76. The Morgan fingerprint density at radius 3 is 1.61 bits per heavy atom. The lowest BCUT2D eigenvalue weighted by Crippen LogP contribution is -1.90. The van der Waals surface area contributed by atoms with Gasteiger partial charge in [-0.15, -0.1) is 0 Å². The Hall–Kier alpha value is -2.48. The van der Waals surface area contributed by atoms with Gasteiger partial charge in [0.05, 0.1) is 0 Å². The van der Waals surface area contributed by atoms with Crippen molar-refractivity contribution in [2.24, 2.45) is 0 Å². The lowest BCUT2D eigenvalue weighted by Gasteiger charge is -2.05. The maximum atomic E-state index is 3.29. The van der Waals surface area contributed by atoms with Gasteiger partial charge in [-0.25, -0.2) is 0 Å². The first-order valence-corrected chi connectivity index (χ1v) is 8.52. The summed E-state index contributed by atoms with van der Waals surface area (Å²) in [6.07, 6.45) is 10.2. The van der Waals surface area contributed by atoms with E-state index >= 15 is 0 Å². The maximum Gasteiger partial charge on any atom is 0.0456 e. The van der Waals surface area contributed by atoms with Crippen LogP contribution in [0.4, 0.5) is 0 Å². The summed E-state index contributed by atoms with van der Waals surface area (Å²) in [5.41, 5.74) is 5.44. The zero-order valence-electron chi connectivity index (χ0n) is 13.3. The monoisotopic (exact) mass is 302 g/mol. The summed E-state index contributed by atoms with van der Waals surface area (Å²) >= 11 is 0. The van der Waals surface area contributed by atoms with E-state index in [0.29, 0.717) is 0 Å². The molecular formula is C21H22N2. The summed E-state index contributed by atoms with van der Waals surface area (Å²) in [6, 6.07) is 17.5. The first-order valence-electron chi connectivity index (χ1n) is 8.52. The molecule has 2 nitrogen and oxygen atoms in total. The van der Waals surface area contributed by atoms with Crippen LogP contribution in [0.3, 0.4) is 0 Å². The number of hydrogen-bond donors (Lipinski definition) is 2. The van der Waals surface area contributed by atoms with E-state index in [1.165, 1.54) is 65.0 Å². The highest BCUT2D eigenvalue weighted by atomic mass is 14.7. The van der Waals surface area contributed by atoms with Gasteiger partial charge < -0.3 is 9.97 Å². The number of unbranched alkanes of at least 4 members (excludes halogenated alkanes) is 2. The quantitative estimate of drug-likeness (QED) is 0.434. The van der Waals surface area contributed by atoms with Crippen LogP contribution in [0.2, 0.25) is 0 Å². The van der Waals surface area contributed by atoms with Crippen molar-refractivity contribution in [3.8, 4) is 0 Å². The van der Waals surface area contributed by atoms with Gasteiger partial charge in [-0.1, -0.05) is 30.7 Å². The molecule has 2 N–H and O–H groups in total. The molecule has 0 aliphatic carbocycles. The van der Waals surface area contributed by atoms with E-state index in [-0.39, 0.29) is 0 Å². The van der Waals surface area contributed by atoms with Crippen molar-refractivity contribution in [3.63, 3.8) is 0 Å².